The number of halogens is 1. The van der Waals surface area contributed by atoms with Crippen molar-refractivity contribution in [3.8, 4) is 5.75 Å². The quantitative estimate of drug-likeness (QED) is 0.319. The fraction of sp³-hybridized carbons (Fsp3) is 0.684. The normalized spacial score (nSPS) is 17.9. The Kier molecular flexibility index (Phi) is 9.93. The van der Waals surface area contributed by atoms with Crippen molar-refractivity contribution in [2.75, 3.05) is 32.6 Å². The van der Waals surface area contributed by atoms with Crippen molar-refractivity contribution in [1.82, 2.24) is 9.62 Å². The molecule has 0 bridgehead atoms. The SMILES string of the molecule is COc1cccc2c1CC(NCCCCCN(CCCCl)S(=O)O)CC2. The summed E-state index contributed by atoms with van der Waals surface area (Å²) < 4.78 is 27.6. The first-order valence-corrected chi connectivity index (χ1v) is 11.1. The fourth-order valence-electron chi connectivity index (χ4n) is 3.52. The van der Waals surface area contributed by atoms with E-state index < -0.39 is 11.3 Å². The monoisotopic (exact) mass is 402 g/mol. The standard InChI is InChI=1S/C19H31ClN2O3S/c1-25-19-8-5-7-16-9-10-17(15-18(16)19)21-12-3-2-4-13-22(26(23)24)14-6-11-20/h5,7-8,17,21H,2-4,6,9-15H2,1H3,(H,23,24). The van der Waals surface area contributed by atoms with E-state index in [1.165, 1.54) is 11.1 Å². The van der Waals surface area contributed by atoms with E-state index in [1.54, 1.807) is 11.4 Å². The van der Waals surface area contributed by atoms with E-state index in [-0.39, 0.29) is 0 Å². The molecule has 0 aromatic heterocycles. The minimum absolute atomic E-state index is 0.504. The van der Waals surface area contributed by atoms with Crippen molar-refractivity contribution >= 4 is 22.9 Å². The molecule has 148 valence electrons. The van der Waals surface area contributed by atoms with Gasteiger partial charge in [0.05, 0.1) is 7.11 Å². The second-order valence-electron chi connectivity index (χ2n) is 6.75. The minimum atomic E-state index is -1.89. The molecular weight excluding hydrogens is 372 g/mol. The van der Waals surface area contributed by atoms with Gasteiger partial charge in [0, 0.05) is 25.0 Å². The van der Waals surface area contributed by atoms with Crippen LogP contribution in [0.15, 0.2) is 18.2 Å². The summed E-state index contributed by atoms with van der Waals surface area (Å²) in [7, 11) is 1.74. The van der Waals surface area contributed by atoms with Crippen molar-refractivity contribution in [2.24, 2.45) is 0 Å². The van der Waals surface area contributed by atoms with Crippen LogP contribution in [-0.2, 0) is 24.1 Å². The molecule has 0 heterocycles. The van der Waals surface area contributed by atoms with Crippen LogP contribution in [0.2, 0.25) is 0 Å². The number of nitrogens with one attached hydrogen (secondary N) is 1. The molecular formula is C19H31ClN2O3S. The first-order valence-electron chi connectivity index (χ1n) is 9.45. The molecule has 1 aliphatic carbocycles. The predicted octanol–water partition coefficient (Wildman–Crippen LogP) is 3.38. The highest BCUT2D eigenvalue weighted by Crippen LogP contribution is 2.29. The summed E-state index contributed by atoms with van der Waals surface area (Å²) in [5.41, 5.74) is 2.76. The summed E-state index contributed by atoms with van der Waals surface area (Å²) in [4.78, 5) is 0. The number of hydrogen-bond acceptors (Lipinski definition) is 3. The zero-order valence-electron chi connectivity index (χ0n) is 15.6. The van der Waals surface area contributed by atoms with Gasteiger partial charge in [-0.15, -0.1) is 11.6 Å². The molecule has 2 N–H and O–H groups in total. The Morgan fingerprint density at radius 3 is 2.85 bits per heavy atom. The number of rotatable bonds is 12. The average molecular weight is 403 g/mol. The number of aryl methyl sites for hydroxylation is 1. The summed E-state index contributed by atoms with van der Waals surface area (Å²) in [5.74, 6) is 1.52. The number of benzene rings is 1. The van der Waals surface area contributed by atoms with E-state index in [4.69, 9.17) is 16.3 Å². The summed E-state index contributed by atoms with van der Waals surface area (Å²) in [6, 6.07) is 6.82. The van der Waals surface area contributed by atoms with Gasteiger partial charge >= 0.3 is 0 Å². The molecule has 0 fully saturated rings. The molecule has 1 aromatic rings. The Hall–Kier alpha value is -0.660. The highest BCUT2D eigenvalue weighted by Gasteiger charge is 2.20. The van der Waals surface area contributed by atoms with Crippen LogP contribution in [0.4, 0.5) is 0 Å². The highest BCUT2D eigenvalue weighted by atomic mass is 35.5. The smallest absolute Gasteiger partial charge is 0.234 e. The van der Waals surface area contributed by atoms with E-state index in [0.29, 0.717) is 25.0 Å². The summed E-state index contributed by atoms with van der Waals surface area (Å²) in [5, 5.41) is 3.66. The van der Waals surface area contributed by atoms with Gasteiger partial charge in [-0.1, -0.05) is 18.6 Å². The lowest BCUT2D eigenvalue weighted by Crippen LogP contribution is -2.35. The number of unbranched alkanes of at least 4 members (excludes halogenated alkanes) is 2. The molecule has 1 aromatic carbocycles. The number of nitrogens with zero attached hydrogens (tertiary/aromatic N) is 1. The third kappa shape index (κ3) is 6.82. The van der Waals surface area contributed by atoms with E-state index in [1.807, 2.05) is 6.07 Å². The Morgan fingerprint density at radius 1 is 1.31 bits per heavy atom. The van der Waals surface area contributed by atoms with Gasteiger partial charge in [0.25, 0.3) is 0 Å². The average Bonchev–Trinajstić information content (AvgIpc) is 2.65. The van der Waals surface area contributed by atoms with Gasteiger partial charge in [0.15, 0.2) is 0 Å². The molecule has 0 aliphatic heterocycles. The molecule has 26 heavy (non-hydrogen) atoms. The summed E-state index contributed by atoms with van der Waals surface area (Å²) >= 11 is 3.76. The highest BCUT2D eigenvalue weighted by molar-refractivity contribution is 7.76. The zero-order chi connectivity index (χ0) is 18.8. The molecule has 2 unspecified atom stereocenters. The van der Waals surface area contributed by atoms with Crippen LogP contribution in [0.5, 0.6) is 5.75 Å². The maximum atomic E-state index is 11.3. The van der Waals surface area contributed by atoms with E-state index in [2.05, 4.69) is 17.4 Å². The van der Waals surface area contributed by atoms with E-state index in [9.17, 15) is 8.76 Å². The minimum Gasteiger partial charge on any atom is -0.496 e. The second kappa shape index (κ2) is 11.9. The summed E-state index contributed by atoms with van der Waals surface area (Å²) in [6.07, 6.45) is 7.08. The molecule has 0 radical (unpaired) electrons. The van der Waals surface area contributed by atoms with Crippen LogP contribution >= 0.6 is 11.6 Å². The van der Waals surface area contributed by atoms with Crippen molar-refractivity contribution < 1.29 is 13.5 Å². The largest absolute Gasteiger partial charge is 0.496 e. The van der Waals surface area contributed by atoms with Gasteiger partial charge in [0.2, 0.25) is 11.3 Å². The topological polar surface area (TPSA) is 61.8 Å². The number of methoxy groups -OCH3 is 1. The lowest BCUT2D eigenvalue weighted by Gasteiger charge is -2.27. The first-order chi connectivity index (χ1) is 12.7. The number of alkyl halides is 1. The predicted molar refractivity (Wildman–Crippen MR) is 108 cm³/mol. The fourth-order valence-corrected chi connectivity index (χ4v) is 4.21. The van der Waals surface area contributed by atoms with Gasteiger partial charge < -0.3 is 10.1 Å². The van der Waals surface area contributed by atoms with Crippen molar-refractivity contribution in [3.05, 3.63) is 29.3 Å². The lowest BCUT2D eigenvalue weighted by molar-refractivity contribution is 0.379. The number of fused-ring (bicyclic) bond motifs is 1. The van der Waals surface area contributed by atoms with E-state index in [0.717, 1.165) is 57.2 Å². The molecule has 5 nitrogen and oxygen atoms in total. The third-order valence-corrected chi connectivity index (χ3v) is 6.02. The molecule has 1 aliphatic rings. The van der Waals surface area contributed by atoms with Crippen molar-refractivity contribution in [2.45, 2.75) is 51.0 Å². The Morgan fingerprint density at radius 2 is 2.12 bits per heavy atom. The van der Waals surface area contributed by atoms with Crippen LogP contribution in [0, 0.1) is 0 Å². The molecule has 0 spiro atoms. The van der Waals surface area contributed by atoms with Crippen LogP contribution in [-0.4, -0.2) is 51.7 Å². The van der Waals surface area contributed by atoms with Crippen molar-refractivity contribution in [3.63, 3.8) is 0 Å². The van der Waals surface area contributed by atoms with Gasteiger partial charge in [-0.05, 0) is 62.3 Å². The van der Waals surface area contributed by atoms with Crippen LogP contribution in [0.3, 0.4) is 0 Å². The van der Waals surface area contributed by atoms with Crippen LogP contribution in [0.1, 0.15) is 43.2 Å². The third-order valence-electron chi connectivity index (χ3n) is 4.94. The van der Waals surface area contributed by atoms with Gasteiger partial charge in [-0.2, -0.15) is 0 Å². The zero-order valence-corrected chi connectivity index (χ0v) is 17.2. The summed E-state index contributed by atoms with van der Waals surface area (Å²) in [6.45, 7) is 2.21. The van der Waals surface area contributed by atoms with Gasteiger partial charge in [0.1, 0.15) is 5.75 Å². The molecule has 0 amide bonds. The van der Waals surface area contributed by atoms with Gasteiger partial charge in [-0.25, -0.2) is 8.51 Å². The number of hydrogen-bond donors (Lipinski definition) is 2. The second-order valence-corrected chi connectivity index (χ2v) is 8.11. The first kappa shape index (κ1) is 21.6. The Labute approximate surface area is 164 Å². The van der Waals surface area contributed by atoms with Crippen LogP contribution in [0.25, 0.3) is 0 Å². The maximum Gasteiger partial charge on any atom is 0.234 e. The molecule has 0 saturated carbocycles. The lowest BCUT2D eigenvalue weighted by atomic mass is 9.87. The van der Waals surface area contributed by atoms with Gasteiger partial charge in [-0.3, -0.25) is 4.55 Å². The maximum absolute atomic E-state index is 11.3. The molecule has 2 rings (SSSR count). The van der Waals surface area contributed by atoms with E-state index >= 15 is 0 Å². The Bertz CT molecular complexity index is 559. The molecule has 2 atom stereocenters. The molecule has 7 heteroatoms. The van der Waals surface area contributed by atoms with Crippen LogP contribution < -0.4 is 10.1 Å². The Balaban J connectivity index is 1.64. The van der Waals surface area contributed by atoms with Crippen molar-refractivity contribution in [1.29, 1.82) is 0 Å². The molecule has 0 saturated heterocycles. The number of ether oxygens (including phenoxy) is 1.